The van der Waals surface area contributed by atoms with Gasteiger partial charge in [-0.2, -0.15) is 5.26 Å². The molecule has 1 aliphatic heterocycles. The zero-order valence-corrected chi connectivity index (χ0v) is 23.9. The first-order chi connectivity index (χ1) is 18.7. The number of fused-ring (bicyclic) bond motifs is 1. The summed E-state index contributed by atoms with van der Waals surface area (Å²) < 4.78 is 34.5. The molecule has 0 unspecified atom stereocenters. The van der Waals surface area contributed by atoms with Crippen molar-refractivity contribution in [3.63, 3.8) is 0 Å². The van der Waals surface area contributed by atoms with Crippen molar-refractivity contribution in [1.29, 1.82) is 5.26 Å². The van der Waals surface area contributed by atoms with Gasteiger partial charge in [-0.15, -0.1) is 11.3 Å². The van der Waals surface area contributed by atoms with Crippen LogP contribution in [0.2, 0.25) is 0 Å². The molecular weight excluding hydrogens is 532 g/mol. The van der Waals surface area contributed by atoms with E-state index in [0.29, 0.717) is 30.8 Å². The molecule has 3 aromatic rings. The Balaban J connectivity index is 1.31. The number of β-amino-alcohol motifs (C(OH)–C–C–N with tert-alkyl or cyclic N) is 1. The highest BCUT2D eigenvalue weighted by molar-refractivity contribution is 7.89. The van der Waals surface area contributed by atoms with Crippen molar-refractivity contribution < 1.29 is 18.3 Å². The number of rotatable bonds is 9. The third-order valence-corrected chi connectivity index (χ3v) is 9.67. The van der Waals surface area contributed by atoms with Crippen molar-refractivity contribution in [3.05, 3.63) is 59.3 Å². The van der Waals surface area contributed by atoms with Crippen LogP contribution in [0, 0.1) is 11.3 Å². The Kier molecular flexibility index (Phi) is 8.35. The predicted molar refractivity (Wildman–Crippen MR) is 153 cm³/mol. The van der Waals surface area contributed by atoms with E-state index in [2.05, 4.69) is 21.8 Å². The van der Waals surface area contributed by atoms with Crippen molar-refractivity contribution in [3.8, 4) is 32.8 Å². The lowest BCUT2D eigenvalue weighted by Gasteiger charge is -2.29. The van der Waals surface area contributed by atoms with Crippen LogP contribution in [0.4, 0.5) is 0 Å². The zero-order chi connectivity index (χ0) is 27.6. The Bertz CT molecular complexity index is 1480. The second-order valence-electron chi connectivity index (χ2n) is 10.5. The van der Waals surface area contributed by atoms with Gasteiger partial charge in [0, 0.05) is 30.9 Å². The van der Waals surface area contributed by atoms with Crippen LogP contribution in [0.1, 0.15) is 55.8 Å². The van der Waals surface area contributed by atoms with Crippen LogP contribution in [0.25, 0.3) is 21.0 Å². The van der Waals surface area contributed by atoms with Crippen LogP contribution in [0.3, 0.4) is 0 Å². The summed E-state index contributed by atoms with van der Waals surface area (Å²) in [4.78, 5) is 7.68. The monoisotopic (exact) mass is 566 g/mol. The van der Waals surface area contributed by atoms with Gasteiger partial charge in [0.25, 0.3) is 0 Å². The number of piperidine rings is 1. The Morgan fingerprint density at radius 2 is 2.13 bits per heavy atom. The first-order valence-corrected chi connectivity index (χ1v) is 15.9. The third kappa shape index (κ3) is 6.51. The van der Waals surface area contributed by atoms with Gasteiger partial charge in [-0.05, 0) is 81.0 Å². The average molecular weight is 567 g/mol. The molecule has 1 fully saturated rings. The number of benzene rings is 2. The fraction of sp³-hybridized carbons (Fsp3) is 0.448. The molecular formula is C29H34N4O4S2. The summed E-state index contributed by atoms with van der Waals surface area (Å²) in [5.74, 6) is 0.589. The molecule has 1 saturated heterocycles. The molecule has 1 aliphatic carbocycles. The molecule has 0 saturated carbocycles. The smallest absolute Gasteiger partial charge is 0.213 e. The number of aliphatic hydroxyl groups excluding tert-OH is 1. The fourth-order valence-corrected chi connectivity index (χ4v) is 7.67. The predicted octanol–water partition coefficient (Wildman–Crippen LogP) is 4.50. The van der Waals surface area contributed by atoms with Gasteiger partial charge < -0.3 is 9.84 Å². The van der Waals surface area contributed by atoms with Crippen LogP contribution < -0.4 is 9.46 Å². The number of nitrogens with zero attached hydrogens (tertiary/aromatic N) is 3. The van der Waals surface area contributed by atoms with Gasteiger partial charge in [0.2, 0.25) is 10.0 Å². The summed E-state index contributed by atoms with van der Waals surface area (Å²) >= 11 is 1.56. The van der Waals surface area contributed by atoms with E-state index in [1.54, 1.807) is 11.3 Å². The molecule has 2 atom stereocenters. The maximum Gasteiger partial charge on any atom is 0.213 e. The summed E-state index contributed by atoms with van der Waals surface area (Å²) in [6.45, 7) is 5.64. The van der Waals surface area contributed by atoms with E-state index in [1.165, 1.54) is 0 Å². The molecule has 0 amide bonds. The lowest BCUT2D eigenvalue weighted by molar-refractivity contribution is 0.0740. The van der Waals surface area contributed by atoms with E-state index in [-0.39, 0.29) is 24.0 Å². The van der Waals surface area contributed by atoms with Gasteiger partial charge in [-0.25, -0.2) is 18.1 Å². The normalized spacial score (nSPS) is 19.7. The largest absolute Gasteiger partial charge is 0.490 e. The van der Waals surface area contributed by atoms with Crippen LogP contribution in [0.15, 0.2) is 42.6 Å². The summed E-state index contributed by atoms with van der Waals surface area (Å²) in [7, 11) is -3.47. The van der Waals surface area contributed by atoms with Gasteiger partial charge in [-0.1, -0.05) is 18.2 Å². The molecule has 0 radical (unpaired) electrons. The van der Waals surface area contributed by atoms with Crippen molar-refractivity contribution >= 4 is 21.4 Å². The van der Waals surface area contributed by atoms with E-state index in [4.69, 9.17) is 4.74 Å². The Morgan fingerprint density at radius 1 is 1.28 bits per heavy atom. The van der Waals surface area contributed by atoms with Crippen molar-refractivity contribution in [2.45, 2.75) is 57.8 Å². The number of sulfonamides is 1. The van der Waals surface area contributed by atoms with Crippen LogP contribution in [0.5, 0.6) is 5.75 Å². The van der Waals surface area contributed by atoms with E-state index in [9.17, 15) is 18.8 Å². The maximum absolute atomic E-state index is 12.9. The summed E-state index contributed by atoms with van der Waals surface area (Å²) in [6.07, 6.45) is 4.63. The summed E-state index contributed by atoms with van der Waals surface area (Å²) in [5.41, 5.74) is 4.57. The number of hydrogen-bond donors (Lipinski definition) is 2. The molecule has 206 valence electrons. The number of nitrogens with one attached hydrogen (secondary N) is 1. The van der Waals surface area contributed by atoms with Gasteiger partial charge >= 0.3 is 0 Å². The minimum atomic E-state index is -3.47. The number of aromatic nitrogens is 1. The number of aliphatic hydroxyl groups is 1. The number of ether oxygens (including phenoxy) is 1. The lowest BCUT2D eigenvalue weighted by Crippen LogP contribution is -2.42. The number of likely N-dealkylation sites (tertiary alicyclic amines) is 1. The molecule has 10 heteroatoms. The Hall–Kier alpha value is -2.81. The summed E-state index contributed by atoms with van der Waals surface area (Å²) in [5, 5.41) is 20.3. The van der Waals surface area contributed by atoms with Gasteiger partial charge in [0.05, 0.1) is 28.4 Å². The highest BCUT2D eigenvalue weighted by Crippen LogP contribution is 2.41. The standard InChI is InChI=1S/C29H34N4O4S2/c1-19(2)37-27-11-8-20(15-21(27)16-30)29-31-17-28(38-29)25-7-3-6-24-23(25)9-10-26(24)32-39(35,36)14-13-33-12-4-5-22(34)18-33/h3,6-8,11,15,17,19,22,26,32,34H,4-5,9-10,12-14,18H2,1-2H3/t22-,26+/m1/s1. The van der Waals surface area contributed by atoms with Crippen LogP contribution >= 0.6 is 11.3 Å². The second kappa shape index (κ2) is 11.7. The fourth-order valence-electron chi connectivity index (χ4n) is 5.41. The van der Waals surface area contributed by atoms with Gasteiger partial charge in [0.15, 0.2) is 0 Å². The van der Waals surface area contributed by atoms with Gasteiger partial charge in [0.1, 0.15) is 16.8 Å². The van der Waals surface area contributed by atoms with Crippen LogP contribution in [-0.4, -0.2) is 61.0 Å². The molecule has 39 heavy (non-hydrogen) atoms. The van der Waals surface area contributed by atoms with Crippen molar-refractivity contribution in [2.24, 2.45) is 0 Å². The lowest BCUT2D eigenvalue weighted by atomic mass is 10.0. The van der Waals surface area contributed by atoms with Crippen molar-refractivity contribution in [2.75, 3.05) is 25.4 Å². The van der Waals surface area contributed by atoms with Gasteiger partial charge in [-0.3, -0.25) is 4.90 Å². The second-order valence-corrected chi connectivity index (χ2v) is 13.4. The Labute approximate surface area is 234 Å². The first kappa shape index (κ1) is 27.7. The Morgan fingerprint density at radius 3 is 2.90 bits per heavy atom. The number of thiazole rings is 1. The number of hydrogen-bond acceptors (Lipinski definition) is 8. The van der Waals surface area contributed by atoms with E-state index < -0.39 is 10.0 Å². The van der Waals surface area contributed by atoms with E-state index in [1.807, 2.05) is 55.3 Å². The molecule has 2 N–H and O–H groups in total. The quantitative estimate of drug-likeness (QED) is 0.392. The van der Waals surface area contributed by atoms with Crippen LogP contribution in [-0.2, 0) is 16.4 Å². The molecule has 1 aromatic heterocycles. The molecule has 0 spiro atoms. The third-order valence-electron chi connectivity index (χ3n) is 7.23. The highest BCUT2D eigenvalue weighted by atomic mass is 32.2. The molecule has 5 rings (SSSR count). The zero-order valence-electron chi connectivity index (χ0n) is 22.3. The average Bonchev–Trinajstić information content (AvgIpc) is 3.55. The first-order valence-electron chi connectivity index (χ1n) is 13.4. The molecule has 0 bridgehead atoms. The van der Waals surface area contributed by atoms with E-state index in [0.717, 1.165) is 57.9 Å². The minimum absolute atomic E-state index is 0.0217. The highest BCUT2D eigenvalue weighted by Gasteiger charge is 2.29. The SMILES string of the molecule is CC(C)Oc1ccc(-c2ncc(-c3cccc4c3CC[C@@H]4NS(=O)(=O)CCN3CCC[C@@H](O)C3)s2)cc1C#N. The van der Waals surface area contributed by atoms with E-state index >= 15 is 0 Å². The minimum Gasteiger partial charge on any atom is -0.490 e. The molecule has 8 nitrogen and oxygen atoms in total. The van der Waals surface area contributed by atoms with Crippen molar-refractivity contribution in [1.82, 2.24) is 14.6 Å². The topological polar surface area (TPSA) is 116 Å². The molecule has 2 aliphatic rings. The maximum atomic E-state index is 12.9. The number of nitriles is 1. The molecule has 2 heterocycles. The summed E-state index contributed by atoms with van der Waals surface area (Å²) in [6, 6.07) is 13.6. The molecule has 2 aromatic carbocycles.